The van der Waals surface area contributed by atoms with Crippen LogP contribution in [0.4, 0.5) is 21.9 Å². The zero-order valence-electron chi connectivity index (χ0n) is 19.4. The molecule has 0 saturated heterocycles. The molecule has 3 aromatic rings. The van der Waals surface area contributed by atoms with Gasteiger partial charge in [0.15, 0.2) is 5.78 Å². The highest BCUT2D eigenvalue weighted by Gasteiger charge is 2.44. The molecular formula is C27H27N3O3S. The summed E-state index contributed by atoms with van der Waals surface area (Å²) in [6.07, 6.45) is 4.68. The number of hydrogen-bond donors (Lipinski definition) is 2. The number of anilines is 3. The van der Waals surface area contributed by atoms with Gasteiger partial charge in [0.2, 0.25) is 0 Å². The van der Waals surface area contributed by atoms with Crippen molar-refractivity contribution >= 4 is 40.6 Å². The normalized spacial score (nSPS) is 19.1. The summed E-state index contributed by atoms with van der Waals surface area (Å²) in [4.78, 5) is 30.2. The van der Waals surface area contributed by atoms with Crippen molar-refractivity contribution in [2.75, 3.05) is 21.8 Å². The molecule has 34 heavy (non-hydrogen) atoms. The molecule has 2 aliphatic rings. The van der Waals surface area contributed by atoms with Gasteiger partial charge < -0.3 is 15.1 Å². The van der Waals surface area contributed by atoms with Crippen molar-refractivity contribution in [2.45, 2.75) is 37.6 Å². The molecule has 6 nitrogen and oxygen atoms in total. The number of amides is 2. The Kier molecular flexibility index (Phi) is 5.73. The van der Waals surface area contributed by atoms with E-state index in [-0.39, 0.29) is 17.2 Å². The highest BCUT2D eigenvalue weighted by Crippen LogP contribution is 2.48. The van der Waals surface area contributed by atoms with Crippen LogP contribution >= 0.6 is 11.8 Å². The topological polar surface area (TPSA) is 74.6 Å². The van der Waals surface area contributed by atoms with Crippen molar-refractivity contribution in [2.24, 2.45) is 5.41 Å². The van der Waals surface area contributed by atoms with Gasteiger partial charge >= 0.3 is 6.03 Å². The molecule has 2 heterocycles. The summed E-state index contributed by atoms with van der Waals surface area (Å²) in [5, 5.41) is 6.54. The van der Waals surface area contributed by atoms with Crippen LogP contribution in [0.3, 0.4) is 0 Å². The number of hydrogen-bond acceptors (Lipinski definition) is 5. The van der Waals surface area contributed by atoms with Gasteiger partial charge in [-0.25, -0.2) is 4.79 Å². The smallest absolute Gasteiger partial charge is 0.327 e. The van der Waals surface area contributed by atoms with Crippen LogP contribution in [-0.2, 0) is 4.79 Å². The van der Waals surface area contributed by atoms with E-state index in [9.17, 15) is 9.59 Å². The van der Waals surface area contributed by atoms with Gasteiger partial charge in [-0.2, -0.15) is 0 Å². The quantitative estimate of drug-likeness (QED) is 0.407. The Morgan fingerprint density at radius 2 is 1.94 bits per heavy atom. The van der Waals surface area contributed by atoms with E-state index < -0.39 is 6.04 Å². The fraction of sp³-hybridized carbons (Fsp3) is 0.259. The number of rotatable bonds is 3. The van der Waals surface area contributed by atoms with E-state index in [1.54, 1.807) is 29.0 Å². The number of para-hydroxylation sites is 2. The minimum absolute atomic E-state index is 0.0233. The summed E-state index contributed by atoms with van der Waals surface area (Å²) in [6, 6.07) is 17.9. The molecule has 2 aromatic carbocycles. The first-order chi connectivity index (χ1) is 16.4. The lowest BCUT2D eigenvalue weighted by Gasteiger charge is -2.36. The van der Waals surface area contributed by atoms with Gasteiger partial charge in [0.1, 0.15) is 11.8 Å². The molecule has 0 radical (unpaired) electrons. The van der Waals surface area contributed by atoms with Gasteiger partial charge in [0, 0.05) is 28.3 Å². The molecular weight excluding hydrogens is 446 g/mol. The first-order valence-corrected chi connectivity index (χ1v) is 12.5. The van der Waals surface area contributed by atoms with E-state index in [0.29, 0.717) is 35.5 Å². The van der Waals surface area contributed by atoms with Crippen molar-refractivity contribution in [3.05, 3.63) is 84.0 Å². The molecule has 0 spiro atoms. The number of nitrogens with one attached hydrogen (secondary N) is 2. The number of furan rings is 1. The number of nitrogens with zero attached hydrogens (tertiary/aromatic N) is 1. The summed E-state index contributed by atoms with van der Waals surface area (Å²) in [5.41, 5.74) is 3.40. The van der Waals surface area contributed by atoms with E-state index in [2.05, 4.69) is 24.5 Å². The second-order valence-electron chi connectivity index (χ2n) is 9.43. The third kappa shape index (κ3) is 4.12. The van der Waals surface area contributed by atoms with E-state index in [4.69, 9.17) is 4.42 Å². The average molecular weight is 474 g/mol. The fourth-order valence-corrected chi connectivity index (χ4v) is 5.27. The maximum atomic E-state index is 13.9. The second kappa shape index (κ2) is 8.72. The molecule has 1 aliphatic carbocycles. The standard InChI is InChI=1S/C27H27N3O3S/c1-27(2)15-20-24(22(31)16-27)25(23-12-7-13-33-23)30(21-11-5-4-10-19(21)29-20)26(32)28-17-8-6-9-18(14-17)34-3/h4-14,25,29H,15-16H2,1-3H3,(H,28,32). The van der Waals surface area contributed by atoms with E-state index in [0.717, 1.165) is 16.3 Å². The third-order valence-corrected chi connectivity index (χ3v) is 6.98. The monoisotopic (exact) mass is 473 g/mol. The number of carbonyl (C=O) groups is 2. The van der Waals surface area contributed by atoms with Crippen LogP contribution in [0.5, 0.6) is 0 Å². The number of carbonyl (C=O) groups excluding carboxylic acids is 2. The minimum atomic E-state index is -0.687. The van der Waals surface area contributed by atoms with Gasteiger partial charge in [-0.3, -0.25) is 9.69 Å². The van der Waals surface area contributed by atoms with Crippen LogP contribution in [0.1, 0.15) is 38.5 Å². The van der Waals surface area contributed by atoms with Gasteiger partial charge in [-0.15, -0.1) is 11.8 Å². The number of benzene rings is 2. The maximum Gasteiger partial charge on any atom is 0.327 e. The third-order valence-electron chi connectivity index (χ3n) is 6.25. The SMILES string of the molecule is CSc1cccc(NC(=O)N2c3ccccc3NC3=C(C(=O)CC(C)(C)C3)C2c2ccco2)c1. The first kappa shape index (κ1) is 22.3. The molecule has 5 rings (SSSR count). The van der Waals surface area contributed by atoms with E-state index in [1.165, 1.54) is 0 Å². The van der Waals surface area contributed by atoms with E-state index >= 15 is 0 Å². The van der Waals surface area contributed by atoms with Crippen LogP contribution < -0.4 is 15.5 Å². The Labute approximate surface area is 203 Å². The zero-order valence-corrected chi connectivity index (χ0v) is 20.2. The lowest BCUT2D eigenvalue weighted by atomic mass is 9.74. The molecule has 0 fully saturated rings. The summed E-state index contributed by atoms with van der Waals surface area (Å²) in [7, 11) is 0. The van der Waals surface area contributed by atoms with Crippen LogP contribution in [-0.4, -0.2) is 18.1 Å². The summed E-state index contributed by atoms with van der Waals surface area (Å²) >= 11 is 1.61. The van der Waals surface area contributed by atoms with Gasteiger partial charge in [0.05, 0.1) is 17.6 Å². The van der Waals surface area contributed by atoms with Gasteiger partial charge in [0.25, 0.3) is 0 Å². The molecule has 1 aliphatic heterocycles. The molecule has 2 amide bonds. The summed E-state index contributed by atoms with van der Waals surface area (Å²) in [5.74, 6) is 0.571. The molecule has 174 valence electrons. The Morgan fingerprint density at radius 1 is 1.12 bits per heavy atom. The summed E-state index contributed by atoms with van der Waals surface area (Å²) < 4.78 is 5.82. The van der Waals surface area contributed by atoms with Gasteiger partial charge in [-0.05, 0) is 60.6 Å². The number of thioether (sulfide) groups is 1. The molecule has 7 heteroatoms. The van der Waals surface area contributed by atoms with Crippen molar-refractivity contribution in [1.82, 2.24) is 0 Å². The van der Waals surface area contributed by atoms with Crippen molar-refractivity contribution < 1.29 is 14.0 Å². The molecule has 2 N–H and O–H groups in total. The molecule has 1 unspecified atom stereocenters. The molecule has 0 saturated carbocycles. The number of fused-ring (bicyclic) bond motifs is 1. The van der Waals surface area contributed by atoms with E-state index in [1.807, 2.05) is 60.9 Å². The van der Waals surface area contributed by atoms with Crippen molar-refractivity contribution in [3.63, 3.8) is 0 Å². The zero-order chi connectivity index (χ0) is 23.9. The van der Waals surface area contributed by atoms with Crippen LogP contribution in [0.15, 0.2) is 87.5 Å². The Morgan fingerprint density at radius 3 is 2.71 bits per heavy atom. The Bertz CT molecular complexity index is 1280. The predicted molar refractivity (Wildman–Crippen MR) is 136 cm³/mol. The number of Topliss-reactive ketones (excluding diaryl/α,β-unsaturated/α-hetero) is 1. The second-order valence-corrected chi connectivity index (χ2v) is 10.3. The molecule has 1 aromatic heterocycles. The highest BCUT2D eigenvalue weighted by atomic mass is 32.2. The largest absolute Gasteiger partial charge is 0.467 e. The number of urea groups is 1. The lowest BCUT2D eigenvalue weighted by Crippen LogP contribution is -2.41. The molecule has 1 atom stereocenters. The minimum Gasteiger partial charge on any atom is -0.467 e. The summed E-state index contributed by atoms with van der Waals surface area (Å²) in [6.45, 7) is 4.19. The average Bonchev–Trinajstić information content (AvgIpc) is 3.28. The first-order valence-electron chi connectivity index (χ1n) is 11.3. The van der Waals surface area contributed by atoms with Crippen LogP contribution in [0.25, 0.3) is 0 Å². The lowest BCUT2D eigenvalue weighted by molar-refractivity contribution is -0.118. The highest BCUT2D eigenvalue weighted by molar-refractivity contribution is 7.98. The van der Waals surface area contributed by atoms with Crippen LogP contribution in [0, 0.1) is 5.41 Å². The van der Waals surface area contributed by atoms with Crippen molar-refractivity contribution in [3.8, 4) is 0 Å². The van der Waals surface area contributed by atoms with Crippen LogP contribution in [0.2, 0.25) is 0 Å². The maximum absolute atomic E-state index is 13.9. The van der Waals surface area contributed by atoms with Gasteiger partial charge in [-0.1, -0.05) is 32.0 Å². The Balaban J connectivity index is 1.67. The predicted octanol–water partition coefficient (Wildman–Crippen LogP) is 6.85. The molecule has 0 bridgehead atoms. The number of ketones is 1. The number of allylic oxidation sites excluding steroid dienone is 1. The fourth-order valence-electron chi connectivity index (χ4n) is 4.81. The van der Waals surface area contributed by atoms with Crippen molar-refractivity contribution in [1.29, 1.82) is 0 Å². The Hall–Kier alpha value is -3.45.